The summed E-state index contributed by atoms with van der Waals surface area (Å²) < 4.78 is 10.5. The average molecular weight is 358 g/mol. The van der Waals surface area contributed by atoms with E-state index in [4.69, 9.17) is 15.0 Å². The molecule has 2 heterocycles. The first-order valence-corrected chi connectivity index (χ1v) is 9.08. The van der Waals surface area contributed by atoms with Crippen molar-refractivity contribution in [2.24, 2.45) is 11.7 Å². The van der Waals surface area contributed by atoms with E-state index >= 15 is 0 Å². The summed E-state index contributed by atoms with van der Waals surface area (Å²) >= 11 is 0. The fourth-order valence-electron chi connectivity index (χ4n) is 3.57. The zero-order chi connectivity index (χ0) is 18.7. The van der Waals surface area contributed by atoms with Crippen molar-refractivity contribution in [2.45, 2.75) is 46.1 Å². The SMILES string of the molecule is Cc1noc(-c2c(CC3CCN(C(C)C)CC3)cccc2OC(N)=O)n1. The minimum absolute atomic E-state index is 0.356. The molecule has 1 fully saturated rings. The predicted octanol–water partition coefficient (Wildman–Crippen LogP) is 3.17. The van der Waals surface area contributed by atoms with E-state index in [9.17, 15) is 4.79 Å². The molecule has 0 bridgehead atoms. The Balaban J connectivity index is 1.86. The van der Waals surface area contributed by atoms with E-state index in [-0.39, 0.29) is 0 Å². The third kappa shape index (κ3) is 4.22. The molecule has 0 aliphatic carbocycles. The molecule has 1 saturated heterocycles. The van der Waals surface area contributed by atoms with Crippen LogP contribution in [-0.2, 0) is 6.42 Å². The van der Waals surface area contributed by atoms with Crippen molar-refractivity contribution >= 4 is 6.09 Å². The van der Waals surface area contributed by atoms with Crippen molar-refractivity contribution in [3.63, 3.8) is 0 Å². The monoisotopic (exact) mass is 358 g/mol. The average Bonchev–Trinajstić information content (AvgIpc) is 3.01. The molecule has 7 heteroatoms. The van der Waals surface area contributed by atoms with Crippen LogP contribution in [-0.4, -0.2) is 40.3 Å². The van der Waals surface area contributed by atoms with Gasteiger partial charge in [0.25, 0.3) is 5.89 Å². The highest BCUT2D eigenvalue weighted by molar-refractivity contribution is 5.75. The van der Waals surface area contributed by atoms with Crippen LogP contribution in [0.1, 0.15) is 38.1 Å². The molecule has 0 unspecified atom stereocenters. The van der Waals surface area contributed by atoms with E-state index in [1.165, 1.54) is 0 Å². The number of aryl methyl sites for hydroxylation is 1. The number of piperidine rings is 1. The standard InChI is InChI=1S/C19H26N4O3/c1-12(2)23-9-7-14(8-10-23)11-15-5-4-6-16(25-19(20)24)17(15)18-21-13(3)22-26-18/h4-6,12,14H,7-11H2,1-3H3,(H2,20,24). The molecule has 0 radical (unpaired) electrons. The first-order chi connectivity index (χ1) is 12.4. The number of nitrogens with two attached hydrogens (primary N) is 1. The van der Waals surface area contributed by atoms with Crippen LogP contribution in [0.5, 0.6) is 5.75 Å². The Morgan fingerprint density at radius 3 is 2.69 bits per heavy atom. The Kier molecular flexibility index (Phi) is 5.56. The number of hydrogen-bond donors (Lipinski definition) is 1. The number of rotatable bonds is 5. The fraction of sp³-hybridized carbons (Fsp3) is 0.526. The van der Waals surface area contributed by atoms with Crippen LogP contribution in [0.4, 0.5) is 4.79 Å². The molecule has 0 saturated carbocycles. The molecule has 1 aliphatic heterocycles. The summed E-state index contributed by atoms with van der Waals surface area (Å²) in [6.07, 6.45) is 2.30. The van der Waals surface area contributed by atoms with Crippen LogP contribution in [0.25, 0.3) is 11.5 Å². The third-order valence-corrected chi connectivity index (χ3v) is 4.95. The largest absolute Gasteiger partial charge is 0.410 e. The van der Waals surface area contributed by atoms with Gasteiger partial charge in [0.05, 0.1) is 5.56 Å². The van der Waals surface area contributed by atoms with Gasteiger partial charge in [0, 0.05) is 6.04 Å². The molecule has 3 rings (SSSR count). The zero-order valence-electron chi connectivity index (χ0n) is 15.6. The van der Waals surface area contributed by atoms with Gasteiger partial charge in [0.2, 0.25) is 0 Å². The molecule has 1 aromatic carbocycles. The highest BCUT2D eigenvalue weighted by Crippen LogP contribution is 2.35. The minimum atomic E-state index is -0.857. The molecule has 1 aromatic heterocycles. The number of nitrogens with zero attached hydrogens (tertiary/aromatic N) is 3. The Hall–Kier alpha value is -2.41. The first kappa shape index (κ1) is 18.4. The van der Waals surface area contributed by atoms with Gasteiger partial charge in [-0.25, -0.2) is 4.79 Å². The van der Waals surface area contributed by atoms with Crippen LogP contribution >= 0.6 is 0 Å². The number of aromatic nitrogens is 2. The van der Waals surface area contributed by atoms with E-state index in [0.717, 1.165) is 37.9 Å². The molecule has 7 nitrogen and oxygen atoms in total. The van der Waals surface area contributed by atoms with E-state index < -0.39 is 6.09 Å². The summed E-state index contributed by atoms with van der Waals surface area (Å²) in [4.78, 5) is 18.1. The quantitative estimate of drug-likeness (QED) is 0.882. The van der Waals surface area contributed by atoms with Crippen molar-refractivity contribution < 1.29 is 14.1 Å². The van der Waals surface area contributed by atoms with Crippen LogP contribution in [0.3, 0.4) is 0 Å². The summed E-state index contributed by atoms with van der Waals surface area (Å²) in [6, 6.07) is 6.17. The molecule has 1 amide bonds. The van der Waals surface area contributed by atoms with Crippen molar-refractivity contribution in [3.05, 3.63) is 29.6 Å². The van der Waals surface area contributed by atoms with Crippen molar-refractivity contribution in [3.8, 4) is 17.2 Å². The summed E-state index contributed by atoms with van der Waals surface area (Å²) in [7, 11) is 0. The smallest absolute Gasteiger partial charge is 0.409 e. The Morgan fingerprint density at radius 2 is 2.12 bits per heavy atom. The number of hydrogen-bond acceptors (Lipinski definition) is 6. The van der Waals surface area contributed by atoms with E-state index in [2.05, 4.69) is 28.9 Å². The molecule has 2 aromatic rings. The normalized spacial score (nSPS) is 16.2. The number of ether oxygens (including phenoxy) is 1. The lowest BCUT2D eigenvalue weighted by Crippen LogP contribution is -2.38. The maximum absolute atomic E-state index is 11.3. The number of benzene rings is 1. The maximum Gasteiger partial charge on any atom is 0.409 e. The summed E-state index contributed by atoms with van der Waals surface area (Å²) in [5.41, 5.74) is 6.92. The summed E-state index contributed by atoms with van der Waals surface area (Å²) in [5, 5.41) is 3.87. The Morgan fingerprint density at radius 1 is 1.38 bits per heavy atom. The van der Waals surface area contributed by atoms with E-state index in [1.807, 2.05) is 12.1 Å². The number of likely N-dealkylation sites (tertiary alicyclic amines) is 1. The molecule has 140 valence electrons. The van der Waals surface area contributed by atoms with Crippen LogP contribution in [0.15, 0.2) is 22.7 Å². The third-order valence-electron chi connectivity index (χ3n) is 4.95. The van der Waals surface area contributed by atoms with Crippen molar-refractivity contribution in [1.29, 1.82) is 0 Å². The maximum atomic E-state index is 11.3. The lowest BCUT2D eigenvalue weighted by Gasteiger charge is -2.34. The number of primary amides is 1. The summed E-state index contributed by atoms with van der Waals surface area (Å²) in [5.74, 6) is 1.81. The molecule has 2 N–H and O–H groups in total. The first-order valence-electron chi connectivity index (χ1n) is 9.08. The second-order valence-corrected chi connectivity index (χ2v) is 7.14. The van der Waals surface area contributed by atoms with Crippen LogP contribution < -0.4 is 10.5 Å². The van der Waals surface area contributed by atoms with Gasteiger partial charge >= 0.3 is 6.09 Å². The molecule has 0 atom stereocenters. The van der Waals surface area contributed by atoms with Gasteiger partial charge in [-0.3, -0.25) is 0 Å². The van der Waals surface area contributed by atoms with Crippen molar-refractivity contribution in [2.75, 3.05) is 13.1 Å². The Labute approximate surface area is 153 Å². The van der Waals surface area contributed by atoms with Gasteiger partial charge in [0.15, 0.2) is 5.82 Å². The van der Waals surface area contributed by atoms with Gasteiger partial charge in [-0.2, -0.15) is 4.98 Å². The predicted molar refractivity (Wildman–Crippen MR) is 97.8 cm³/mol. The van der Waals surface area contributed by atoms with Gasteiger partial charge in [0.1, 0.15) is 5.75 Å². The van der Waals surface area contributed by atoms with E-state index in [0.29, 0.717) is 35.0 Å². The van der Waals surface area contributed by atoms with Gasteiger partial charge in [-0.05, 0) is 70.7 Å². The number of amides is 1. The molecule has 0 spiro atoms. The van der Waals surface area contributed by atoms with Crippen LogP contribution in [0.2, 0.25) is 0 Å². The van der Waals surface area contributed by atoms with Gasteiger partial charge in [-0.1, -0.05) is 17.3 Å². The van der Waals surface area contributed by atoms with E-state index in [1.54, 1.807) is 13.0 Å². The highest BCUT2D eigenvalue weighted by Gasteiger charge is 2.25. The zero-order valence-corrected chi connectivity index (χ0v) is 15.6. The fourth-order valence-corrected chi connectivity index (χ4v) is 3.57. The van der Waals surface area contributed by atoms with Gasteiger partial charge < -0.3 is 19.9 Å². The van der Waals surface area contributed by atoms with Crippen LogP contribution in [0, 0.1) is 12.8 Å². The highest BCUT2D eigenvalue weighted by atomic mass is 16.5. The molecular weight excluding hydrogens is 332 g/mol. The number of carbonyl (C=O) groups is 1. The molecule has 1 aliphatic rings. The lowest BCUT2D eigenvalue weighted by molar-refractivity contribution is 0.149. The Bertz CT molecular complexity index is 764. The second kappa shape index (κ2) is 7.86. The van der Waals surface area contributed by atoms with Crippen molar-refractivity contribution in [1.82, 2.24) is 15.0 Å². The molecule has 26 heavy (non-hydrogen) atoms. The number of carbonyl (C=O) groups excluding carboxylic acids is 1. The topological polar surface area (TPSA) is 94.5 Å². The minimum Gasteiger partial charge on any atom is -0.410 e. The lowest BCUT2D eigenvalue weighted by atomic mass is 9.87. The second-order valence-electron chi connectivity index (χ2n) is 7.14. The summed E-state index contributed by atoms with van der Waals surface area (Å²) in [6.45, 7) is 8.44. The molecular formula is C19H26N4O3. The van der Waals surface area contributed by atoms with Gasteiger partial charge in [-0.15, -0.1) is 0 Å².